The number of carbonyl (C=O) groups is 1. The zero-order valence-electron chi connectivity index (χ0n) is 12.5. The zero-order valence-corrected chi connectivity index (χ0v) is 14.2. The summed E-state index contributed by atoms with van der Waals surface area (Å²) in [6.07, 6.45) is 3.47. The van der Waals surface area contributed by atoms with Crippen molar-refractivity contribution < 1.29 is 14.1 Å². The Balaban J connectivity index is 3.09. The van der Waals surface area contributed by atoms with Crippen molar-refractivity contribution in [3.63, 3.8) is 0 Å². The van der Waals surface area contributed by atoms with Crippen LogP contribution in [0.5, 0.6) is 0 Å². The highest BCUT2D eigenvalue weighted by Gasteiger charge is 2.23. The van der Waals surface area contributed by atoms with Crippen LogP contribution in [0.4, 0.5) is 0 Å². The van der Waals surface area contributed by atoms with Gasteiger partial charge in [-0.2, -0.15) is 0 Å². The summed E-state index contributed by atoms with van der Waals surface area (Å²) in [5.41, 5.74) is 0.937. The van der Waals surface area contributed by atoms with Crippen LogP contribution in [-0.4, -0.2) is 42.1 Å². The Bertz CT molecular complexity index is 506. The molecule has 0 fully saturated rings. The van der Waals surface area contributed by atoms with Crippen molar-refractivity contribution in [3.05, 3.63) is 11.9 Å². The molecule has 1 aromatic rings. The van der Waals surface area contributed by atoms with Gasteiger partial charge in [0.05, 0.1) is 5.75 Å². The Morgan fingerprint density at radius 3 is 2.60 bits per heavy atom. The molecule has 0 saturated heterocycles. The lowest BCUT2D eigenvalue weighted by Crippen LogP contribution is -2.24. The summed E-state index contributed by atoms with van der Waals surface area (Å²) < 4.78 is 13.6. The van der Waals surface area contributed by atoms with E-state index in [1.54, 1.807) is 12.5 Å². The second-order valence-electron chi connectivity index (χ2n) is 5.78. The van der Waals surface area contributed by atoms with Gasteiger partial charge in [0.15, 0.2) is 5.16 Å². The third-order valence-corrected chi connectivity index (χ3v) is 5.18. The Labute approximate surface area is 126 Å². The standard InChI is InChI=1S/C13H22N2O3S2/c1-9(20(5)18)7-15-10(13(2,3)4)6-14-12(15)19-8-11(16)17/h6,9H,7-8H2,1-5H3,(H,16,17). The molecule has 0 aromatic carbocycles. The molecule has 1 aromatic heterocycles. The van der Waals surface area contributed by atoms with Crippen molar-refractivity contribution in [2.45, 2.75) is 50.1 Å². The van der Waals surface area contributed by atoms with E-state index in [4.69, 9.17) is 5.11 Å². The van der Waals surface area contributed by atoms with Crippen molar-refractivity contribution in [1.82, 2.24) is 9.55 Å². The van der Waals surface area contributed by atoms with Gasteiger partial charge in [-0.25, -0.2) is 4.98 Å². The number of carboxylic acid groups (broad SMARTS) is 1. The molecule has 1 heterocycles. The highest BCUT2D eigenvalue weighted by molar-refractivity contribution is 7.99. The van der Waals surface area contributed by atoms with Crippen LogP contribution in [0.3, 0.4) is 0 Å². The van der Waals surface area contributed by atoms with E-state index in [2.05, 4.69) is 25.8 Å². The minimum Gasteiger partial charge on any atom is -0.481 e. The van der Waals surface area contributed by atoms with E-state index in [9.17, 15) is 9.00 Å². The molecular formula is C13H22N2O3S2. The predicted octanol–water partition coefficient (Wildman–Crippen LogP) is 2.12. The number of imidazole rings is 1. The maximum atomic E-state index is 11.6. The summed E-state index contributed by atoms with van der Waals surface area (Å²) in [7, 11) is -0.925. The maximum absolute atomic E-state index is 11.6. The molecule has 5 nitrogen and oxygen atoms in total. The van der Waals surface area contributed by atoms with Gasteiger partial charge in [-0.15, -0.1) is 0 Å². The summed E-state index contributed by atoms with van der Waals surface area (Å²) in [4.78, 5) is 15.0. The first-order chi connectivity index (χ1) is 9.12. The first-order valence-corrected chi connectivity index (χ1v) is 8.96. The number of hydrogen-bond donors (Lipinski definition) is 1. The SMILES string of the molecule is CC(Cn1c(C(C)(C)C)cnc1SCC(=O)O)S(C)=O. The molecule has 0 aliphatic carbocycles. The average molecular weight is 318 g/mol. The van der Waals surface area contributed by atoms with E-state index in [1.807, 2.05) is 11.5 Å². The van der Waals surface area contributed by atoms with Crippen molar-refractivity contribution in [1.29, 1.82) is 0 Å². The molecule has 0 amide bonds. The van der Waals surface area contributed by atoms with E-state index < -0.39 is 16.8 Å². The van der Waals surface area contributed by atoms with Crippen molar-refractivity contribution in [2.24, 2.45) is 0 Å². The Hall–Kier alpha value is -0.820. The van der Waals surface area contributed by atoms with Crippen molar-refractivity contribution in [2.75, 3.05) is 12.0 Å². The smallest absolute Gasteiger partial charge is 0.313 e. The summed E-state index contributed by atoms with van der Waals surface area (Å²) in [5, 5.41) is 9.47. The molecule has 0 aliphatic heterocycles. The van der Waals surface area contributed by atoms with Gasteiger partial charge in [-0.05, 0) is 6.92 Å². The van der Waals surface area contributed by atoms with E-state index in [0.717, 1.165) is 5.69 Å². The first-order valence-electron chi connectivity index (χ1n) is 6.35. The Morgan fingerprint density at radius 2 is 2.15 bits per heavy atom. The van der Waals surface area contributed by atoms with Crippen LogP contribution in [0.15, 0.2) is 11.4 Å². The van der Waals surface area contributed by atoms with Crippen LogP contribution >= 0.6 is 11.8 Å². The van der Waals surface area contributed by atoms with Gasteiger partial charge in [0.25, 0.3) is 0 Å². The largest absolute Gasteiger partial charge is 0.481 e. The second-order valence-corrected chi connectivity index (χ2v) is 8.52. The summed E-state index contributed by atoms with van der Waals surface area (Å²) in [6.45, 7) is 8.76. The van der Waals surface area contributed by atoms with Crippen molar-refractivity contribution in [3.8, 4) is 0 Å². The average Bonchev–Trinajstić information content (AvgIpc) is 2.68. The minimum atomic E-state index is -0.925. The fourth-order valence-corrected chi connectivity index (χ4v) is 2.80. The summed E-state index contributed by atoms with van der Waals surface area (Å²) >= 11 is 1.20. The van der Waals surface area contributed by atoms with Crippen LogP contribution < -0.4 is 0 Å². The van der Waals surface area contributed by atoms with E-state index >= 15 is 0 Å². The molecule has 1 rings (SSSR count). The quantitative estimate of drug-likeness (QED) is 0.814. The topological polar surface area (TPSA) is 72.2 Å². The minimum absolute atomic E-state index is 0.00511. The number of thioether (sulfide) groups is 1. The van der Waals surface area contributed by atoms with Crippen LogP contribution in [0.1, 0.15) is 33.4 Å². The Kier molecular flexibility index (Phi) is 5.82. The Morgan fingerprint density at radius 1 is 1.55 bits per heavy atom. The van der Waals surface area contributed by atoms with E-state index in [-0.39, 0.29) is 16.4 Å². The highest BCUT2D eigenvalue weighted by atomic mass is 32.2. The zero-order chi connectivity index (χ0) is 15.5. The summed E-state index contributed by atoms with van der Waals surface area (Å²) in [5.74, 6) is -0.890. The molecule has 2 unspecified atom stereocenters. The number of nitrogens with zero attached hydrogens (tertiary/aromatic N) is 2. The van der Waals surface area contributed by atoms with E-state index in [1.165, 1.54) is 11.8 Å². The van der Waals surface area contributed by atoms with Crippen LogP contribution in [0.2, 0.25) is 0 Å². The van der Waals surface area contributed by atoms with Crippen LogP contribution in [-0.2, 0) is 27.6 Å². The molecule has 0 spiro atoms. The molecule has 114 valence electrons. The normalized spacial score (nSPS) is 15.1. The van der Waals surface area contributed by atoms with Gasteiger partial charge >= 0.3 is 5.97 Å². The van der Waals surface area contributed by atoms with Gasteiger partial charge in [0.1, 0.15) is 0 Å². The predicted molar refractivity (Wildman–Crippen MR) is 82.8 cm³/mol. The van der Waals surface area contributed by atoms with Gasteiger partial charge in [0.2, 0.25) is 0 Å². The molecule has 20 heavy (non-hydrogen) atoms. The molecule has 2 atom stereocenters. The molecule has 0 bridgehead atoms. The monoisotopic (exact) mass is 318 g/mol. The number of aromatic nitrogens is 2. The summed E-state index contributed by atoms with van der Waals surface area (Å²) in [6, 6.07) is 0. The second kappa shape index (κ2) is 6.76. The lowest BCUT2D eigenvalue weighted by atomic mass is 9.92. The van der Waals surface area contributed by atoms with Crippen LogP contribution in [0.25, 0.3) is 0 Å². The van der Waals surface area contributed by atoms with E-state index in [0.29, 0.717) is 11.7 Å². The van der Waals surface area contributed by atoms with Gasteiger partial charge in [0, 0.05) is 46.2 Å². The van der Waals surface area contributed by atoms with Gasteiger partial charge in [-0.3, -0.25) is 9.00 Å². The number of carboxylic acids is 1. The molecule has 0 aliphatic rings. The number of hydrogen-bond acceptors (Lipinski definition) is 4. The molecule has 7 heteroatoms. The molecular weight excluding hydrogens is 296 g/mol. The maximum Gasteiger partial charge on any atom is 0.313 e. The fraction of sp³-hybridized carbons (Fsp3) is 0.692. The van der Waals surface area contributed by atoms with Crippen molar-refractivity contribution >= 4 is 28.5 Å². The molecule has 1 N–H and O–H groups in total. The molecule has 0 radical (unpaired) electrons. The lowest BCUT2D eigenvalue weighted by Gasteiger charge is -2.23. The lowest BCUT2D eigenvalue weighted by molar-refractivity contribution is -0.133. The van der Waals surface area contributed by atoms with Crippen LogP contribution in [0, 0.1) is 0 Å². The third-order valence-electron chi connectivity index (χ3n) is 2.92. The molecule has 0 saturated carbocycles. The fourth-order valence-electron chi connectivity index (χ4n) is 1.74. The third kappa shape index (κ3) is 4.63. The number of rotatable bonds is 6. The number of aliphatic carboxylic acids is 1. The highest BCUT2D eigenvalue weighted by Crippen LogP contribution is 2.28. The van der Waals surface area contributed by atoms with Gasteiger partial charge in [-0.1, -0.05) is 32.5 Å². The van der Waals surface area contributed by atoms with Gasteiger partial charge < -0.3 is 9.67 Å². The first kappa shape index (κ1) is 17.2.